The summed E-state index contributed by atoms with van der Waals surface area (Å²) >= 11 is 0. The quantitative estimate of drug-likeness (QED) is 0.565. The van der Waals surface area contributed by atoms with Crippen LogP contribution in [0.25, 0.3) is 0 Å². The second-order valence-corrected chi connectivity index (χ2v) is 7.51. The van der Waals surface area contributed by atoms with E-state index in [2.05, 4.69) is 24.5 Å². The summed E-state index contributed by atoms with van der Waals surface area (Å²) in [5.74, 6) is 1.28. The van der Waals surface area contributed by atoms with Gasteiger partial charge in [0, 0.05) is 30.0 Å². The number of ether oxygens (including phenoxy) is 1. The van der Waals surface area contributed by atoms with Crippen LogP contribution in [0.3, 0.4) is 0 Å². The van der Waals surface area contributed by atoms with Gasteiger partial charge in [0.1, 0.15) is 5.75 Å². The minimum Gasteiger partial charge on any atom is -0.494 e. The third-order valence-electron chi connectivity index (χ3n) is 4.74. The van der Waals surface area contributed by atoms with Gasteiger partial charge < -0.3 is 20.3 Å². The number of nitrogens with one attached hydrogen (secondary N) is 2. The molecule has 2 aromatic carbocycles. The number of carbonyl (C=O) groups excluding carboxylic acids is 2. The Morgan fingerprint density at radius 3 is 2.10 bits per heavy atom. The SMILES string of the molecule is CCN(CC)C(=O)c1ccc(NC(=O)CNc2ccc(OCCC(C)C)cc2)cc1. The van der Waals surface area contributed by atoms with Gasteiger partial charge in [0.2, 0.25) is 5.91 Å². The summed E-state index contributed by atoms with van der Waals surface area (Å²) < 4.78 is 5.70. The summed E-state index contributed by atoms with van der Waals surface area (Å²) in [6.45, 7) is 10.4. The summed E-state index contributed by atoms with van der Waals surface area (Å²) in [6, 6.07) is 14.6. The smallest absolute Gasteiger partial charge is 0.253 e. The Morgan fingerprint density at radius 1 is 0.933 bits per heavy atom. The first-order valence-electron chi connectivity index (χ1n) is 10.6. The van der Waals surface area contributed by atoms with Gasteiger partial charge in [0.05, 0.1) is 13.2 Å². The third-order valence-corrected chi connectivity index (χ3v) is 4.74. The fraction of sp³-hybridized carbons (Fsp3) is 0.417. The van der Waals surface area contributed by atoms with E-state index in [1.165, 1.54) is 0 Å². The summed E-state index contributed by atoms with van der Waals surface area (Å²) in [4.78, 5) is 26.3. The molecule has 2 rings (SSSR count). The van der Waals surface area contributed by atoms with Crippen molar-refractivity contribution in [1.82, 2.24) is 4.90 Å². The van der Waals surface area contributed by atoms with E-state index >= 15 is 0 Å². The van der Waals surface area contributed by atoms with E-state index in [0.717, 1.165) is 17.9 Å². The third kappa shape index (κ3) is 7.43. The number of hydrogen-bond acceptors (Lipinski definition) is 4. The van der Waals surface area contributed by atoms with Gasteiger partial charge >= 0.3 is 0 Å². The molecule has 0 radical (unpaired) electrons. The molecule has 0 aliphatic carbocycles. The minimum atomic E-state index is -0.157. The monoisotopic (exact) mass is 411 g/mol. The topological polar surface area (TPSA) is 70.7 Å². The van der Waals surface area contributed by atoms with Crippen LogP contribution in [0.5, 0.6) is 5.75 Å². The van der Waals surface area contributed by atoms with Crippen LogP contribution < -0.4 is 15.4 Å². The van der Waals surface area contributed by atoms with Gasteiger partial charge in [0.15, 0.2) is 0 Å². The van der Waals surface area contributed by atoms with Crippen LogP contribution in [0.4, 0.5) is 11.4 Å². The number of amides is 2. The standard InChI is InChI=1S/C24H33N3O3/c1-5-27(6-2)24(29)19-7-9-21(10-8-19)26-23(28)17-25-20-11-13-22(14-12-20)30-16-15-18(3)4/h7-14,18,25H,5-6,15-17H2,1-4H3,(H,26,28). The molecule has 0 aliphatic heterocycles. The molecule has 0 saturated heterocycles. The summed E-state index contributed by atoms with van der Waals surface area (Å²) in [6.07, 6.45) is 1.02. The second-order valence-electron chi connectivity index (χ2n) is 7.51. The van der Waals surface area contributed by atoms with Gasteiger partial charge in [-0.2, -0.15) is 0 Å². The summed E-state index contributed by atoms with van der Waals surface area (Å²) in [5.41, 5.74) is 2.12. The predicted octanol–water partition coefficient (Wildman–Crippen LogP) is 4.64. The van der Waals surface area contributed by atoms with Crippen molar-refractivity contribution in [2.24, 2.45) is 5.92 Å². The van der Waals surface area contributed by atoms with Gasteiger partial charge in [0.25, 0.3) is 5.91 Å². The number of rotatable bonds is 11. The Labute approximate surface area is 179 Å². The normalized spacial score (nSPS) is 10.6. The molecule has 0 atom stereocenters. The fourth-order valence-electron chi connectivity index (χ4n) is 2.86. The minimum absolute atomic E-state index is 0.00354. The van der Waals surface area contributed by atoms with Crippen molar-refractivity contribution in [2.75, 3.05) is 36.9 Å². The van der Waals surface area contributed by atoms with Crippen LogP contribution in [0.2, 0.25) is 0 Å². The van der Waals surface area contributed by atoms with Gasteiger partial charge in [-0.05, 0) is 74.7 Å². The molecule has 6 heteroatoms. The van der Waals surface area contributed by atoms with Gasteiger partial charge in [-0.25, -0.2) is 0 Å². The molecule has 0 aromatic heterocycles. The van der Waals surface area contributed by atoms with Crippen LogP contribution in [0.15, 0.2) is 48.5 Å². The van der Waals surface area contributed by atoms with E-state index < -0.39 is 0 Å². The summed E-state index contributed by atoms with van der Waals surface area (Å²) in [5, 5.41) is 5.93. The van der Waals surface area contributed by atoms with Crippen molar-refractivity contribution in [3.8, 4) is 5.75 Å². The van der Waals surface area contributed by atoms with E-state index in [-0.39, 0.29) is 18.4 Å². The van der Waals surface area contributed by atoms with Gasteiger partial charge in [-0.1, -0.05) is 13.8 Å². The number of hydrogen-bond donors (Lipinski definition) is 2. The molecule has 0 saturated carbocycles. The van der Waals surface area contributed by atoms with Crippen LogP contribution in [0.1, 0.15) is 44.5 Å². The molecular weight excluding hydrogens is 378 g/mol. The highest BCUT2D eigenvalue weighted by molar-refractivity contribution is 5.96. The van der Waals surface area contributed by atoms with Crippen LogP contribution in [-0.2, 0) is 4.79 Å². The Kier molecular flexibility index (Phi) is 9.19. The average molecular weight is 412 g/mol. The molecule has 2 amide bonds. The molecule has 2 aromatic rings. The van der Waals surface area contributed by atoms with Crippen molar-refractivity contribution in [3.63, 3.8) is 0 Å². The molecular formula is C24H33N3O3. The molecule has 0 aliphatic rings. The molecule has 0 spiro atoms. The zero-order valence-electron chi connectivity index (χ0n) is 18.4. The number of anilines is 2. The van der Waals surface area contributed by atoms with Crippen molar-refractivity contribution in [1.29, 1.82) is 0 Å². The number of nitrogens with zero attached hydrogens (tertiary/aromatic N) is 1. The van der Waals surface area contributed by atoms with E-state index in [0.29, 0.717) is 36.9 Å². The second kappa shape index (κ2) is 11.9. The Balaban J connectivity index is 1.79. The highest BCUT2D eigenvalue weighted by Gasteiger charge is 2.12. The zero-order valence-corrected chi connectivity index (χ0v) is 18.4. The molecule has 162 valence electrons. The first-order valence-corrected chi connectivity index (χ1v) is 10.6. The average Bonchev–Trinajstić information content (AvgIpc) is 2.74. The molecule has 30 heavy (non-hydrogen) atoms. The lowest BCUT2D eigenvalue weighted by atomic mass is 10.1. The maximum atomic E-state index is 12.3. The lowest BCUT2D eigenvalue weighted by Crippen LogP contribution is -2.30. The Bertz CT molecular complexity index is 797. The number of carbonyl (C=O) groups is 2. The van der Waals surface area contributed by atoms with Crippen LogP contribution in [-0.4, -0.2) is 43.0 Å². The molecule has 6 nitrogen and oxygen atoms in total. The first-order chi connectivity index (χ1) is 14.4. The van der Waals surface area contributed by atoms with Crippen molar-refractivity contribution in [3.05, 3.63) is 54.1 Å². The van der Waals surface area contributed by atoms with Crippen LogP contribution >= 0.6 is 0 Å². The van der Waals surface area contributed by atoms with Crippen molar-refractivity contribution < 1.29 is 14.3 Å². The van der Waals surface area contributed by atoms with E-state index in [4.69, 9.17) is 4.74 Å². The molecule has 0 heterocycles. The van der Waals surface area contributed by atoms with Crippen molar-refractivity contribution >= 4 is 23.2 Å². The zero-order chi connectivity index (χ0) is 21.9. The van der Waals surface area contributed by atoms with Gasteiger partial charge in [-0.3, -0.25) is 9.59 Å². The van der Waals surface area contributed by atoms with Gasteiger partial charge in [-0.15, -0.1) is 0 Å². The largest absolute Gasteiger partial charge is 0.494 e. The molecule has 0 fully saturated rings. The lowest BCUT2D eigenvalue weighted by Gasteiger charge is -2.18. The maximum absolute atomic E-state index is 12.3. The van der Waals surface area contributed by atoms with E-state index in [1.807, 2.05) is 38.1 Å². The lowest BCUT2D eigenvalue weighted by molar-refractivity contribution is -0.114. The Morgan fingerprint density at radius 2 is 1.53 bits per heavy atom. The van der Waals surface area contributed by atoms with E-state index in [9.17, 15) is 9.59 Å². The predicted molar refractivity (Wildman–Crippen MR) is 122 cm³/mol. The Hall–Kier alpha value is -3.02. The number of benzene rings is 2. The first kappa shape index (κ1) is 23.3. The molecule has 2 N–H and O–H groups in total. The van der Waals surface area contributed by atoms with E-state index in [1.54, 1.807) is 29.2 Å². The fourth-order valence-corrected chi connectivity index (χ4v) is 2.86. The molecule has 0 bridgehead atoms. The maximum Gasteiger partial charge on any atom is 0.253 e. The highest BCUT2D eigenvalue weighted by atomic mass is 16.5. The molecule has 0 unspecified atom stereocenters. The summed E-state index contributed by atoms with van der Waals surface area (Å²) in [7, 11) is 0. The highest BCUT2D eigenvalue weighted by Crippen LogP contribution is 2.17. The van der Waals surface area contributed by atoms with Crippen LogP contribution in [0, 0.1) is 5.92 Å². The van der Waals surface area contributed by atoms with Crippen molar-refractivity contribution in [2.45, 2.75) is 34.1 Å².